The third-order valence-corrected chi connectivity index (χ3v) is 5.61. The molecular formula is C23H17ClN2O4. The summed E-state index contributed by atoms with van der Waals surface area (Å²) in [5.74, 6) is 0.778. The predicted octanol–water partition coefficient (Wildman–Crippen LogP) is 5.63. The van der Waals surface area contributed by atoms with Crippen LogP contribution >= 0.6 is 11.6 Å². The maximum absolute atomic E-state index is 11.7. The molecule has 1 aliphatic rings. The molecule has 0 radical (unpaired) electrons. The molecule has 0 saturated heterocycles. The molecule has 0 spiro atoms. The van der Waals surface area contributed by atoms with Crippen molar-refractivity contribution >= 4 is 22.5 Å². The Hall–Kier alpha value is -3.51. The molecule has 6 nitrogen and oxygen atoms in total. The topological polar surface area (TPSA) is 77.4 Å². The van der Waals surface area contributed by atoms with Gasteiger partial charge in [-0.1, -0.05) is 48.0 Å². The van der Waals surface area contributed by atoms with E-state index in [0.29, 0.717) is 16.5 Å². The summed E-state index contributed by atoms with van der Waals surface area (Å²) in [6, 6.07) is 20.8. The Labute approximate surface area is 177 Å². The number of rotatable bonds is 5. The van der Waals surface area contributed by atoms with Gasteiger partial charge < -0.3 is 14.5 Å². The van der Waals surface area contributed by atoms with Crippen LogP contribution in [0.3, 0.4) is 0 Å². The minimum atomic E-state index is -0.476. The highest BCUT2D eigenvalue weighted by Gasteiger charge is 2.29. The van der Waals surface area contributed by atoms with Gasteiger partial charge in [0.25, 0.3) is 0 Å². The second-order valence-electron chi connectivity index (χ2n) is 7.15. The van der Waals surface area contributed by atoms with Crippen molar-refractivity contribution in [1.29, 1.82) is 0 Å². The number of hydrogen-bond acceptors (Lipinski definition) is 4. The highest BCUT2D eigenvalue weighted by atomic mass is 35.5. The van der Waals surface area contributed by atoms with Crippen molar-refractivity contribution in [2.45, 2.75) is 5.92 Å². The molecule has 0 fully saturated rings. The van der Waals surface area contributed by atoms with Gasteiger partial charge in [-0.05, 0) is 47.0 Å². The van der Waals surface area contributed by atoms with Gasteiger partial charge in [-0.25, -0.2) is 0 Å². The number of halogens is 1. The number of nitrogens with zero attached hydrogens (tertiary/aromatic N) is 1. The fraction of sp³-hybridized carbons (Fsp3) is 0.130. The van der Waals surface area contributed by atoms with Crippen molar-refractivity contribution < 1.29 is 14.4 Å². The van der Waals surface area contributed by atoms with Crippen LogP contribution in [0, 0.1) is 10.1 Å². The summed E-state index contributed by atoms with van der Waals surface area (Å²) >= 11 is 6.07. The second-order valence-corrected chi connectivity index (χ2v) is 7.58. The van der Waals surface area contributed by atoms with Crippen LogP contribution in [0.2, 0.25) is 5.02 Å². The number of nitrogens with one attached hydrogen (secondary N) is 1. The Bertz CT molecular complexity index is 1250. The van der Waals surface area contributed by atoms with Crippen molar-refractivity contribution in [3.63, 3.8) is 0 Å². The van der Waals surface area contributed by atoms with Gasteiger partial charge in [-0.3, -0.25) is 10.1 Å². The number of benzene rings is 3. The first-order valence-corrected chi connectivity index (χ1v) is 9.86. The van der Waals surface area contributed by atoms with Crippen LogP contribution in [0.1, 0.15) is 17.0 Å². The van der Waals surface area contributed by atoms with E-state index in [-0.39, 0.29) is 18.3 Å². The van der Waals surface area contributed by atoms with E-state index >= 15 is 0 Å². The first-order valence-electron chi connectivity index (χ1n) is 9.48. The molecule has 3 aromatic carbocycles. The number of para-hydroxylation sites is 1. The van der Waals surface area contributed by atoms with Crippen LogP contribution in [0.25, 0.3) is 22.2 Å². The van der Waals surface area contributed by atoms with Gasteiger partial charge in [0, 0.05) is 20.8 Å². The molecule has 5 rings (SSSR count). The van der Waals surface area contributed by atoms with Crippen molar-refractivity contribution in [1.82, 2.24) is 4.98 Å². The number of fused-ring (bicyclic) bond motifs is 2. The average Bonchev–Trinajstić information content (AvgIpc) is 3.36. The molecule has 0 bridgehead atoms. The summed E-state index contributed by atoms with van der Waals surface area (Å²) < 4.78 is 10.9. The number of aromatic nitrogens is 1. The lowest BCUT2D eigenvalue weighted by Gasteiger charge is -2.16. The Morgan fingerprint density at radius 1 is 1.03 bits per heavy atom. The third kappa shape index (κ3) is 3.25. The number of nitro groups is 1. The summed E-state index contributed by atoms with van der Waals surface area (Å²) in [5.41, 5.74) is 4.36. The van der Waals surface area contributed by atoms with E-state index in [1.807, 2.05) is 60.7 Å². The minimum absolute atomic E-state index is 0.155. The standard InChI is InChI=1S/C23H17ClN2O4/c24-16-8-5-14(6-9-16)23-22(17-3-1-2-4-19(17)25-23)18(12-26(27)28)15-7-10-20-21(11-15)30-13-29-20/h1-11,18,25H,12-13H2/t18-/m0/s1. The van der Waals surface area contributed by atoms with E-state index in [4.69, 9.17) is 21.1 Å². The van der Waals surface area contributed by atoms with Crippen LogP contribution in [-0.4, -0.2) is 23.2 Å². The Morgan fingerprint density at radius 3 is 2.60 bits per heavy atom. The molecule has 4 aromatic rings. The van der Waals surface area contributed by atoms with Gasteiger partial charge in [0.15, 0.2) is 11.5 Å². The molecule has 1 N–H and O–H groups in total. The largest absolute Gasteiger partial charge is 0.454 e. The molecule has 7 heteroatoms. The number of ether oxygens (including phenoxy) is 2. The number of aromatic amines is 1. The zero-order valence-electron chi connectivity index (χ0n) is 15.8. The predicted molar refractivity (Wildman–Crippen MR) is 115 cm³/mol. The van der Waals surface area contributed by atoms with E-state index in [0.717, 1.165) is 33.3 Å². The molecule has 0 amide bonds. The van der Waals surface area contributed by atoms with E-state index in [2.05, 4.69) is 4.98 Å². The first kappa shape index (κ1) is 18.5. The molecule has 0 unspecified atom stereocenters. The summed E-state index contributed by atoms with van der Waals surface area (Å²) in [5, 5.41) is 13.2. The van der Waals surface area contributed by atoms with E-state index < -0.39 is 5.92 Å². The number of H-pyrrole nitrogens is 1. The monoisotopic (exact) mass is 420 g/mol. The van der Waals surface area contributed by atoms with Gasteiger partial charge in [0.05, 0.1) is 11.6 Å². The van der Waals surface area contributed by atoms with Crippen LogP contribution < -0.4 is 9.47 Å². The highest BCUT2D eigenvalue weighted by Crippen LogP contribution is 2.42. The van der Waals surface area contributed by atoms with Crippen LogP contribution in [0.15, 0.2) is 66.7 Å². The number of hydrogen-bond donors (Lipinski definition) is 1. The van der Waals surface area contributed by atoms with Gasteiger partial charge in [-0.2, -0.15) is 0 Å². The Kier molecular flexibility index (Phi) is 4.56. The quantitative estimate of drug-likeness (QED) is 0.335. The highest BCUT2D eigenvalue weighted by molar-refractivity contribution is 6.30. The SMILES string of the molecule is O=[N+]([O-])C[C@@H](c1ccc2c(c1)OCO2)c1c(-c2ccc(Cl)cc2)[nH]c2ccccc12. The lowest BCUT2D eigenvalue weighted by Crippen LogP contribution is -2.14. The molecular weight excluding hydrogens is 404 g/mol. The van der Waals surface area contributed by atoms with Crippen LogP contribution in [-0.2, 0) is 0 Å². The lowest BCUT2D eigenvalue weighted by atomic mass is 9.87. The van der Waals surface area contributed by atoms with Gasteiger partial charge in [0.1, 0.15) is 0 Å². The first-order chi connectivity index (χ1) is 14.6. The maximum Gasteiger partial charge on any atom is 0.231 e. The van der Waals surface area contributed by atoms with Crippen LogP contribution in [0.5, 0.6) is 11.5 Å². The summed E-state index contributed by atoms with van der Waals surface area (Å²) in [6.07, 6.45) is 0. The van der Waals surface area contributed by atoms with Gasteiger partial charge in [0.2, 0.25) is 13.3 Å². The van der Waals surface area contributed by atoms with Crippen molar-refractivity contribution in [3.05, 3.63) is 93.0 Å². The third-order valence-electron chi connectivity index (χ3n) is 5.36. The van der Waals surface area contributed by atoms with E-state index in [9.17, 15) is 10.1 Å². The fourth-order valence-electron chi connectivity index (χ4n) is 4.01. The van der Waals surface area contributed by atoms with Gasteiger partial charge in [-0.15, -0.1) is 0 Å². The smallest absolute Gasteiger partial charge is 0.231 e. The second kappa shape index (κ2) is 7.39. The average molecular weight is 421 g/mol. The van der Waals surface area contributed by atoms with E-state index in [1.54, 1.807) is 6.07 Å². The minimum Gasteiger partial charge on any atom is -0.454 e. The molecule has 1 aromatic heterocycles. The molecule has 30 heavy (non-hydrogen) atoms. The lowest BCUT2D eigenvalue weighted by molar-refractivity contribution is -0.481. The molecule has 1 atom stereocenters. The van der Waals surface area contributed by atoms with Crippen molar-refractivity contribution in [2.75, 3.05) is 13.3 Å². The normalized spacial score (nSPS) is 13.5. The van der Waals surface area contributed by atoms with Gasteiger partial charge >= 0.3 is 0 Å². The van der Waals surface area contributed by atoms with E-state index in [1.165, 1.54) is 0 Å². The zero-order chi connectivity index (χ0) is 20.7. The maximum atomic E-state index is 11.7. The van der Waals surface area contributed by atoms with Crippen molar-refractivity contribution in [3.8, 4) is 22.8 Å². The summed E-state index contributed by atoms with van der Waals surface area (Å²) in [6.45, 7) is -0.0934. The molecule has 1 aliphatic heterocycles. The van der Waals surface area contributed by atoms with Crippen molar-refractivity contribution in [2.24, 2.45) is 0 Å². The summed E-state index contributed by atoms with van der Waals surface area (Å²) in [4.78, 5) is 14.8. The molecule has 0 aliphatic carbocycles. The molecule has 0 saturated carbocycles. The molecule has 2 heterocycles. The molecule has 150 valence electrons. The Morgan fingerprint density at radius 2 is 1.80 bits per heavy atom. The summed E-state index contributed by atoms with van der Waals surface area (Å²) in [7, 11) is 0. The Balaban J connectivity index is 1.74. The fourth-order valence-corrected chi connectivity index (χ4v) is 4.14. The zero-order valence-corrected chi connectivity index (χ0v) is 16.6. The van der Waals surface area contributed by atoms with Crippen LogP contribution in [0.4, 0.5) is 0 Å².